The highest BCUT2D eigenvalue weighted by atomic mass is 32.2. The largest absolute Gasteiger partial charge is 0.381 e. The third-order valence-electron chi connectivity index (χ3n) is 4.47. The van der Waals surface area contributed by atoms with Gasteiger partial charge >= 0.3 is 0 Å². The van der Waals surface area contributed by atoms with Crippen LogP contribution < -0.4 is 0 Å². The van der Waals surface area contributed by atoms with Gasteiger partial charge in [-0.05, 0) is 25.0 Å². The highest BCUT2D eigenvalue weighted by Crippen LogP contribution is 2.27. The van der Waals surface area contributed by atoms with Gasteiger partial charge in [0.25, 0.3) is 10.0 Å². The number of nitrogens with zero attached hydrogens (tertiary/aromatic N) is 3. The van der Waals surface area contributed by atoms with Gasteiger partial charge in [0.15, 0.2) is 5.84 Å². The molecule has 0 saturated carbocycles. The summed E-state index contributed by atoms with van der Waals surface area (Å²) in [6.45, 7) is 1.42. The van der Waals surface area contributed by atoms with Crippen molar-refractivity contribution in [3.8, 4) is 0 Å². The topological polar surface area (TPSA) is 79.3 Å². The molecule has 2 aliphatic heterocycles. The number of piperidine rings is 1. The Labute approximate surface area is 142 Å². The van der Waals surface area contributed by atoms with Crippen LogP contribution in [0.1, 0.15) is 18.4 Å². The fourth-order valence-electron chi connectivity index (χ4n) is 3.08. The SMILES string of the molecule is COC1CCN(C(=O)CN(C)C2=NS(=O)(=O)c3ccccc32)CC1. The summed E-state index contributed by atoms with van der Waals surface area (Å²) in [7, 11) is -0.289. The minimum atomic E-state index is -3.67. The van der Waals surface area contributed by atoms with Gasteiger partial charge in [-0.2, -0.15) is 8.42 Å². The van der Waals surface area contributed by atoms with Crippen molar-refractivity contribution in [3.05, 3.63) is 29.8 Å². The third-order valence-corrected chi connectivity index (χ3v) is 5.80. The highest BCUT2D eigenvalue weighted by Gasteiger charge is 2.32. The Morgan fingerprint density at radius 1 is 1.33 bits per heavy atom. The normalized spacial score (nSPS) is 19.8. The van der Waals surface area contributed by atoms with Crippen molar-refractivity contribution in [2.24, 2.45) is 4.40 Å². The number of sulfonamides is 1. The number of carbonyl (C=O) groups excluding carboxylic acids is 1. The molecule has 0 aliphatic carbocycles. The van der Waals surface area contributed by atoms with Crippen molar-refractivity contribution in [2.45, 2.75) is 23.8 Å². The van der Waals surface area contributed by atoms with E-state index < -0.39 is 10.0 Å². The third kappa shape index (κ3) is 3.16. The number of rotatable bonds is 3. The van der Waals surface area contributed by atoms with E-state index in [0.29, 0.717) is 24.5 Å². The first-order valence-corrected chi connectivity index (χ1v) is 9.32. The van der Waals surface area contributed by atoms with E-state index in [9.17, 15) is 13.2 Å². The molecule has 2 aliphatic rings. The van der Waals surface area contributed by atoms with Crippen molar-refractivity contribution < 1.29 is 17.9 Å². The second kappa shape index (κ2) is 6.52. The van der Waals surface area contributed by atoms with Crippen LogP contribution in [0.2, 0.25) is 0 Å². The summed E-state index contributed by atoms with van der Waals surface area (Å²) in [6.07, 6.45) is 1.86. The highest BCUT2D eigenvalue weighted by molar-refractivity contribution is 7.90. The molecule has 1 aromatic rings. The van der Waals surface area contributed by atoms with Crippen LogP contribution in [-0.4, -0.2) is 69.9 Å². The van der Waals surface area contributed by atoms with Crippen molar-refractivity contribution in [1.82, 2.24) is 9.80 Å². The number of hydrogen-bond donors (Lipinski definition) is 0. The molecule has 1 saturated heterocycles. The molecule has 0 N–H and O–H groups in total. The molecule has 1 fully saturated rings. The molecular formula is C16H21N3O4S. The van der Waals surface area contributed by atoms with Crippen LogP contribution in [0.15, 0.2) is 33.6 Å². The average Bonchev–Trinajstić information content (AvgIpc) is 2.87. The molecule has 2 heterocycles. The molecule has 130 valence electrons. The van der Waals surface area contributed by atoms with E-state index in [1.807, 2.05) is 0 Å². The summed E-state index contributed by atoms with van der Waals surface area (Å²) >= 11 is 0. The van der Waals surface area contributed by atoms with Crippen LogP contribution in [0.25, 0.3) is 0 Å². The number of likely N-dealkylation sites (tertiary alicyclic amines) is 1. The Kier molecular flexibility index (Phi) is 4.60. The monoisotopic (exact) mass is 351 g/mol. The molecule has 24 heavy (non-hydrogen) atoms. The zero-order valence-electron chi connectivity index (χ0n) is 13.8. The Balaban J connectivity index is 1.70. The summed E-state index contributed by atoms with van der Waals surface area (Å²) in [5.41, 5.74) is 0.547. The minimum absolute atomic E-state index is 0.0310. The Morgan fingerprint density at radius 2 is 2.00 bits per heavy atom. The number of hydrogen-bond acceptors (Lipinski definition) is 5. The van der Waals surface area contributed by atoms with Gasteiger partial charge in [-0.3, -0.25) is 4.79 Å². The summed E-state index contributed by atoms with van der Waals surface area (Å²) in [5.74, 6) is 0.294. The van der Waals surface area contributed by atoms with Crippen LogP contribution in [0, 0.1) is 0 Å². The first-order chi connectivity index (χ1) is 11.4. The fourth-order valence-corrected chi connectivity index (χ4v) is 4.33. The van der Waals surface area contributed by atoms with Crippen LogP contribution in [0.3, 0.4) is 0 Å². The summed E-state index contributed by atoms with van der Waals surface area (Å²) in [5, 5.41) is 0. The molecule has 0 aromatic heterocycles. The molecule has 0 radical (unpaired) electrons. The molecule has 8 heteroatoms. The van der Waals surface area contributed by atoms with E-state index in [1.54, 1.807) is 42.2 Å². The van der Waals surface area contributed by atoms with E-state index in [0.717, 1.165) is 12.8 Å². The van der Waals surface area contributed by atoms with Crippen LogP contribution in [0.5, 0.6) is 0 Å². The zero-order valence-corrected chi connectivity index (χ0v) is 14.6. The van der Waals surface area contributed by atoms with Crippen LogP contribution in [-0.2, 0) is 19.6 Å². The smallest absolute Gasteiger partial charge is 0.285 e. The van der Waals surface area contributed by atoms with Gasteiger partial charge in [0.05, 0.1) is 12.6 Å². The van der Waals surface area contributed by atoms with Gasteiger partial charge in [-0.15, -0.1) is 4.40 Å². The van der Waals surface area contributed by atoms with E-state index in [4.69, 9.17) is 4.74 Å². The lowest BCUT2D eigenvalue weighted by molar-refractivity contribution is -0.133. The van der Waals surface area contributed by atoms with E-state index in [-0.39, 0.29) is 23.5 Å². The van der Waals surface area contributed by atoms with E-state index in [2.05, 4.69) is 4.40 Å². The average molecular weight is 351 g/mol. The summed E-state index contributed by atoms with van der Waals surface area (Å²) in [4.78, 5) is 16.1. The van der Waals surface area contributed by atoms with E-state index in [1.165, 1.54) is 6.07 Å². The number of benzene rings is 1. The zero-order chi connectivity index (χ0) is 17.3. The minimum Gasteiger partial charge on any atom is -0.381 e. The Hall–Kier alpha value is -1.93. The lowest BCUT2D eigenvalue weighted by atomic mass is 10.1. The molecule has 7 nitrogen and oxygen atoms in total. The molecule has 0 atom stereocenters. The maximum atomic E-state index is 12.5. The molecule has 1 aromatic carbocycles. The number of fused-ring (bicyclic) bond motifs is 1. The number of amides is 1. The maximum Gasteiger partial charge on any atom is 0.285 e. The second-order valence-electron chi connectivity index (χ2n) is 6.06. The lowest BCUT2D eigenvalue weighted by Gasteiger charge is -2.32. The lowest BCUT2D eigenvalue weighted by Crippen LogP contribution is -2.45. The first kappa shape index (κ1) is 16.9. The van der Waals surface area contributed by atoms with Gasteiger partial charge in [0.1, 0.15) is 4.90 Å². The predicted molar refractivity (Wildman–Crippen MR) is 89.4 cm³/mol. The number of methoxy groups -OCH3 is 1. The molecule has 3 rings (SSSR count). The Morgan fingerprint density at radius 3 is 2.67 bits per heavy atom. The molecular weight excluding hydrogens is 330 g/mol. The van der Waals surface area contributed by atoms with Crippen molar-refractivity contribution in [2.75, 3.05) is 33.8 Å². The van der Waals surface area contributed by atoms with Gasteiger partial charge in [-0.1, -0.05) is 12.1 Å². The van der Waals surface area contributed by atoms with Gasteiger partial charge in [-0.25, -0.2) is 0 Å². The second-order valence-corrected chi connectivity index (χ2v) is 7.63. The standard InChI is InChI=1S/C16H21N3O4S/c1-18(11-15(20)19-9-7-12(23-2)8-10-19)16-13-5-3-4-6-14(13)24(21,22)17-16/h3-6,12H,7-11H2,1-2H3. The number of likely N-dealkylation sites (N-methyl/N-ethyl adjacent to an activating group) is 1. The quantitative estimate of drug-likeness (QED) is 0.801. The van der Waals surface area contributed by atoms with Gasteiger partial charge in [0.2, 0.25) is 5.91 Å². The maximum absolute atomic E-state index is 12.5. The number of carbonyl (C=O) groups is 1. The molecule has 1 amide bonds. The number of ether oxygens (including phenoxy) is 1. The molecule has 0 bridgehead atoms. The predicted octanol–water partition coefficient (Wildman–Crippen LogP) is 0.705. The van der Waals surface area contributed by atoms with Crippen LogP contribution in [0.4, 0.5) is 0 Å². The molecule has 0 unspecified atom stereocenters. The van der Waals surface area contributed by atoms with Gasteiger partial charge in [0, 0.05) is 32.8 Å². The van der Waals surface area contributed by atoms with Gasteiger partial charge < -0.3 is 14.5 Å². The summed E-state index contributed by atoms with van der Waals surface area (Å²) in [6, 6.07) is 6.68. The number of amidine groups is 1. The summed E-state index contributed by atoms with van der Waals surface area (Å²) < 4.78 is 33.3. The van der Waals surface area contributed by atoms with Crippen molar-refractivity contribution in [3.63, 3.8) is 0 Å². The Bertz CT molecular complexity index is 767. The first-order valence-electron chi connectivity index (χ1n) is 7.88. The van der Waals surface area contributed by atoms with Crippen molar-refractivity contribution in [1.29, 1.82) is 0 Å². The fraction of sp³-hybridized carbons (Fsp3) is 0.500. The van der Waals surface area contributed by atoms with E-state index >= 15 is 0 Å². The van der Waals surface area contributed by atoms with Crippen molar-refractivity contribution >= 4 is 21.8 Å². The molecule has 0 spiro atoms. The van der Waals surface area contributed by atoms with Crippen LogP contribution >= 0.6 is 0 Å².